The quantitative estimate of drug-likeness (QED) is 0.493. The highest BCUT2D eigenvalue weighted by Crippen LogP contribution is 2.17. The summed E-state index contributed by atoms with van der Waals surface area (Å²) in [4.78, 5) is 0. The van der Waals surface area contributed by atoms with Crippen LogP contribution in [0.15, 0.2) is 0 Å². The van der Waals surface area contributed by atoms with Crippen LogP contribution in [0.4, 0.5) is 0 Å². The van der Waals surface area contributed by atoms with Crippen LogP contribution in [0, 0.1) is 0 Å². The van der Waals surface area contributed by atoms with Gasteiger partial charge in [0.2, 0.25) is 0 Å². The van der Waals surface area contributed by atoms with Crippen LogP contribution in [0.25, 0.3) is 0 Å². The lowest BCUT2D eigenvalue weighted by atomic mass is 10.6. The van der Waals surface area contributed by atoms with E-state index >= 15 is 0 Å². The summed E-state index contributed by atoms with van der Waals surface area (Å²) < 4.78 is 17.1. The maximum atomic E-state index is 5.72. The lowest BCUT2D eigenvalue weighted by Crippen LogP contribution is -2.46. The van der Waals surface area contributed by atoms with E-state index in [-0.39, 0.29) is 0 Å². The van der Waals surface area contributed by atoms with Gasteiger partial charge < -0.3 is 13.3 Å². The molecule has 0 atom stereocenters. The Kier molecular flexibility index (Phi) is 9.01. The van der Waals surface area contributed by atoms with Gasteiger partial charge in [-0.25, -0.2) is 0 Å². The first-order valence-electron chi connectivity index (χ1n) is 5.27. The van der Waals surface area contributed by atoms with Crippen LogP contribution in [0.5, 0.6) is 0 Å². The van der Waals surface area contributed by atoms with E-state index in [1.54, 1.807) is 0 Å². The minimum Gasteiger partial charge on any atom is -0.374 e. The zero-order valence-electron chi connectivity index (χ0n) is 9.41. The van der Waals surface area contributed by atoms with Crippen LogP contribution in [-0.2, 0) is 13.3 Å². The van der Waals surface area contributed by atoms with Crippen molar-refractivity contribution in [1.29, 1.82) is 0 Å². The Balaban J connectivity index is 4.21. The van der Waals surface area contributed by atoms with Crippen molar-refractivity contribution < 1.29 is 13.3 Å². The molecule has 0 aliphatic heterocycles. The Bertz CT molecular complexity index is 118. The molecule has 0 radical (unpaired) electrons. The summed E-state index contributed by atoms with van der Waals surface area (Å²) in [6.07, 6.45) is 1.03. The zero-order chi connectivity index (χ0) is 10.9. The van der Waals surface area contributed by atoms with Crippen LogP contribution in [0.3, 0.4) is 0 Å². The van der Waals surface area contributed by atoms with Crippen LogP contribution in [-0.4, -0.2) is 34.4 Å². The summed E-state index contributed by atoms with van der Waals surface area (Å²) in [5.74, 6) is 0.707. The van der Waals surface area contributed by atoms with Gasteiger partial charge in [0.1, 0.15) is 0 Å². The molecule has 0 fully saturated rings. The number of rotatable bonds is 9. The fourth-order valence-corrected chi connectivity index (χ4v) is 4.14. The Morgan fingerprint density at radius 1 is 1.00 bits per heavy atom. The van der Waals surface area contributed by atoms with Gasteiger partial charge in [0.25, 0.3) is 0 Å². The predicted octanol–water partition coefficient (Wildman–Crippen LogP) is 2.35. The minimum absolute atomic E-state index is 0.606. The highest BCUT2D eigenvalue weighted by molar-refractivity contribution is 7.80. The zero-order valence-corrected chi connectivity index (χ0v) is 11.3. The summed E-state index contributed by atoms with van der Waals surface area (Å²) in [5.41, 5.74) is 0. The van der Waals surface area contributed by atoms with E-state index in [1.165, 1.54) is 0 Å². The summed E-state index contributed by atoms with van der Waals surface area (Å²) in [6, 6.07) is 0.891. The van der Waals surface area contributed by atoms with Gasteiger partial charge in [-0.05, 0) is 13.8 Å². The maximum absolute atomic E-state index is 5.72. The second kappa shape index (κ2) is 8.73. The molecule has 0 unspecified atom stereocenters. The van der Waals surface area contributed by atoms with Crippen LogP contribution in [0.2, 0.25) is 6.04 Å². The molecule has 0 amide bonds. The molecule has 0 saturated heterocycles. The molecule has 0 aliphatic carbocycles. The molecule has 0 heterocycles. The van der Waals surface area contributed by atoms with E-state index in [0.29, 0.717) is 25.6 Å². The summed E-state index contributed by atoms with van der Waals surface area (Å²) in [6.45, 7) is 7.97. The van der Waals surface area contributed by atoms with Crippen molar-refractivity contribution in [2.75, 3.05) is 25.6 Å². The van der Waals surface area contributed by atoms with Crippen molar-refractivity contribution in [2.45, 2.75) is 33.2 Å². The summed E-state index contributed by atoms with van der Waals surface area (Å²) >= 11 is 4.12. The van der Waals surface area contributed by atoms with Gasteiger partial charge in [-0.3, -0.25) is 0 Å². The van der Waals surface area contributed by atoms with E-state index in [9.17, 15) is 0 Å². The highest BCUT2D eigenvalue weighted by atomic mass is 32.1. The first-order chi connectivity index (χ1) is 6.74. The fourth-order valence-electron chi connectivity index (χ4n) is 1.29. The van der Waals surface area contributed by atoms with Gasteiger partial charge in [0.15, 0.2) is 0 Å². The molecule has 0 bridgehead atoms. The van der Waals surface area contributed by atoms with E-state index in [4.69, 9.17) is 13.3 Å². The molecule has 0 N–H and O–H groups in total. The smallest absolute Gasteiger partial charge is 0.374 e. The molecule has 0 spiro atoms. The third-order valence-corrected chi connectivity index (χ3v) is 5.09. The van der Waals surface area contributed by atoms with E-state index in [2.05, 4.69) is 19.6 Å². The van der Waals surface area contributed by atoms with Gasteiger partial charge in [-0.1, -0.05) is 13.3 Å². The second-order valence-electron chi connectivity index (χ2n) is 2.87. The Hall–Kier alpha value is 0.447. The van der Waals surface area contributed by atoms with Crippen molar-refractivity contribution in [2.24, 2.45) is 0 Å². The molecule has 14 heavy (non-hydrogen) atoms. The van der Waals surface area contributed by atoms with Crippen LogP contribution < -0.4 is 0 Å². The first kappa shape index (κ1) is 14.4. The average Bonchev–Trinajstić information content (AvgIpc) is 2.16. The van der Waals surface area contributed by atoms with Crippen LogP contribution >= 0.6 is 12.6 Å². The first-order valence-corrected chi connectivity index (χ1v) is 7.83. The topological polar surface area (TPSA) is 27.7 Å². The Labute approximate surface area is 93.9 Å². The molecule has 0 aliphatic rings. The monoisotopic (exact) mass is 238 g/mol. The van der Waals surface area contributed by atoms with Crippen LogP contribution in [0.1, 0.15) is 27.2 Å². The third-order valence-electron chi connectivity index (χ3n) is 1.70. The van der Waals surface area contributed by atoms with Gasteiger partial charge in [0.05, 0.1) is 0 Å². The van der Waals surface area contributed by atoms with Crippen molar-refractivity contribution in [3.05, 3.63) is 0 Å². The molecule has 0 rings (SSSR count). The largest absolute Gasteiger partial charge is 0.500 e. The highest BCUT2D eigenvalue weighted by Gasteiger charge is 2.39. The van der Waals surface area contributed by atoms with Crippen molar-refractivity contribution in [3.8, 4) is 0 Å². The maximum Gasteiger partial charge on any atom is 0.500 e. The lowest BCUT2D eigenvalue weighted by molar-refractivity contribution is 0.0720. The van der Waals surface area contributed by atoms with Crippen molar-refractivity contribution in [1.82, 2.24) is 0 Å². The summed E-state index contributed by atoms with van der Waals surface area (Å²) in [5, 5.41) is 0. The molecule has 3 nitrogen and oxygen atoms in total. The minimum atomic E-state index is -2.37. The molecule has 0 aromatic heterocycles. The van der Waals surface area contributed by atoms with Gasteiger partial charge in [-0.15, -0.1) is 0 Å². The van der Waals surface area contributed by atoms with E-state index in [0.717, 1.165) is 12.5 Å². The lowest BCUT2D eigenvalue weighted by Gasteiger charge is -2.28. The molecule has 0 saturated carbocycles. The molecule has 86 valence electrons. The van der Waals surface area contributed by atoms with E-state index in [1.807, 2.05) is 13.8 Å². The van der Waals surface area contributed by atoms with E-state index < -0.39 is 8.80 Å². The molecule has 5 heteroatoms. The number of thiol groups is 1. The van der Waals surface area contributed by atoms with Gasteiger partial charge in [0, 0.05) is 31.6 Å². The predicted molar refractivity (Wildman–Crippen MR) is 63.9 cm³/mol. The SMILES string of the molecule is CCC[Si](OCC)(OCC)OCCS. The van der Waals surface area contributed by atoms with Crippen molar-refractivity contribution in [3.63, 3.8) is 0 Å². The number of hydrogen-bond acceptors (Lipinski definition) is 4. The van der Waals surface area contributed by atoms with Crippen molar-refractivity contribution >= 4 is 21.4 Å². The van der Waals surface area contributed by atoms with Gasteiger partial charge in [-0.2, -0.15) is 12.6 Å². The number of hydrogen-bond donors (Lipinski definition) is 1. The Morgan fingerprint density at radius 2 is 1.57 bits per heavy atom. The normalized spacial score (nSPS) is 12.0. The standard InChI is InChI=1S/C9H22O3SSi/c1-4-9-14(10-5-2,11-6-3)12-7-8-13/h13H,4-9H2,1-3H3. The molecule has 0 aromatic rings. The Morgan fingerprint density at radius 3 is 1.93 bits per heavy atom. The third kappa shape index (κ3) is 5.36. The molecule has 0 aromatic carbocycles. The molecular formula is C9H22O3SSi. The van der Waals surface area contributed by atoms with Gasteiger partial charge >= 0.3 is 8.80 Å². The molecular weight excluding hydrogens is 216 g/mol. The second-order valence-corrected chi connectivity index (χ2v) is 6.05. The summed E-state index contributed by atoms with van der Waals surface area (Å²) in [7, 11) is -2.37. The fraction of sp³-hybridized carbons (Fsp3) is 1.00. The average molecular weight is 238 g/mol.